The lowest BCUT2D eigenvalue weighted by Gasteiger charge is -2.26. The summed E-state index contributed by atoms with van der Waals surface area (Å²) in [6.07, 6.45) is 0. The lowest BCUT2D eigenvalue weighted by molar-refractivity contribution is 0.0342. The van der Waals surface area contributed by atoms with E-state index >= 15 is 0 Å². The fourth-order valence-electron chi connectivity index (χ4n) is 3.27. The van der Waals surface area contributed by atoms with E-state index in [0.29, 0.717) is 6.61 Å². The van der Waals surface area contributed by atoms with Gasteiger partial charge in [-0.1, -0.05) is 42.5 Å². The minimum Gasteiger partial charge on any atom is -0.492 e. The molecule has 0 saturated carbocycles. The van der Waals surface area contributed by atoms with Crippen molar-refractivity contribution in [2.24, 2.45) is 4.99 Å². The largest absolute Gasteiger partial charge is 0.492 e. The molecule has 1 heterocycles. The Hall–Kier alpha value is -1.84. The van der Waals surface area contributed by atoms with Crippen molar-refractivity contribution in [2.45, 2.75) is 13.1 Å². The van der Waals surface area contributed by atoms with Gasteiger partial charge in [-0.15, -0.1) is 24.0 Å². The highest BCUT2D eigenvalue weighted by molar-refractivity contribution is 14.0. The lowest BCUT2D eigenvalue weighted by Crippen LogP contribution is -2.40. The Morgan fingerprint density at radius 2 is 1.73 bits per heavy atom. The van der Waals surface area contributed by atoms with Gasteiger partial charge in [0.1, 0.15) is 12.4 Å². The Morgan fingerprint density at radius 3 is 2.40 bits per heavy atom. The molecule has 1 saturated heterocycles. The molecule has 1 aliphatic heterocycles. The van der Waals surface area contributed by atoms with Crippen LogP contribution < -0.4 is 10.1 Å². The van der Waals surface area contributed by atoms with Crippen LogP contribution in [-0.4, -0.2) is 69.3 Å². The highest BCUT2D eigenvalue weighted by atomic mass is 127. The third kappa shape index (κ3) is 8.12. The third-order valence-corrected chi connectivity index (χ3v) is 5.00. The Morgan fingerprint density at radius 1 is 1.07 bits per heavy atom. The molecule has 7 heteroatoms. The molecule has 0 spiro atoms. The zero-order valence-electron chi connectivity index (χ0n) is 17.9. The number of ether oxygens (including phenoxy) is 2. The molecule has 1 fully saturated rings. The molecular weight excluding hydrogens is 491 g/mol. The normalized spacial score (nSPS) is 14.7. The predicted octanol–water partition coefficient (Wildman–Crippen LogP) is 3.22. The number of nitrogens with zero attached hydrogens (tertiary/aromatic N) is 3. The molecule has 30 heavy (non-hydrogen) atoms. The van der Waals surface area contributed by atoms with Gasteiger partial charge < -0.3 is 19.7 Å². The highest BCUT2D eigenvalue weighted by Gasteiger charge is 2.11. The van der Waals surface area contributed by atoms with Crippen molar-refractivity contribution in [3.05, 3.63) is 65.7 Å². The monoisotopic (exact) mass is 524 g/mol. The molecule has 3 rings (SSSR count). The molecule has 0 aliphatic carbocycles. The molecule has 0 unspecified atom stereocenters. The van der Waals surface area contributed by atoms with Crippen molar-refractivity contribution in [1.82, 2.24) is 15.1 Å². The van der Waals surface area contributed by atoms with Crippen LogP contribution in [0.3, 0.4) is 0 Å². The quantitative estimate of drug-likeness (QED) is 0.327. The third-order valence-electron chi connectivity index (χ3n) is 5.00. The van der Waals surface area contributed by atoms with E-state index in [2.05, 4.69) is 44.4 Å². The fourth-order valence-corrected chi connectivity index (χ4v) is 3.27. The molecular formula is C23H33IN4O2. The number of halogens is 1. The Labute approximate surface area is 197 Å². The van der Waals surface area contributed by atoms with Crippen LogP contribution >= 0.6 is 24.0 Å². The van der Waals surface area contributed by atoms with E-state index in [-0.39, 0.29) is 24.0 Å². The van der Waals surface area contributed by atoms with Crippen molar-refractivity contribution >= 4 is 29.9 Å². The van der Waals surface area contributed by atoms with Gasteiger partial charge in [-0.3, -0.25) is 9.89 Å². The zero-order valence-corrected chi connectivity index (χ0v) is 20.2. The van der Waals surface area contributed by atoms with Gasteiger partial charge in [-0.05, 0) is 23.3 Å². The summed E-state index contributed by atoms with van der Waals surface area (Å²) in [4.78, 5) is 8.90. The van der Waals surface area contributed by atoms with Gasteiger partial charge in [0.2, 0.25) is 0 Å². The Kier molecular flexibility index (Phi) is 11.0. The smallest absolute Gasteiger partial charge is 0.193 e. The Balaban J connectivity index is 0.00000320. The van der Waals surface area contributed by atoms with Gasteiger partial charge >= 0.3 is 0 Å². The number of benzene rings is 2. The summed E-state index contributed by atoms with van der Waals surface area (Å²) >= 11 is 0. The molecule has 6 nitrogen and oxygen atoms in total. The van der Waals surface area contributed by atoms with Crippen LogP contribution in [0.4, 0.5) is 0 Å². The average molecular weight is 524 g/mol. The summed E-state index contributed by atoms with van der Waals surface area (Å²) in [5, 5.41) is 3.43. The second-order valence-electron chi connectivity index (χ2n) is 7.19. The molecule has 0 bridgehead atoms. The fraction of sp³-hybridized carbons (Fsp3) is 0.435. The second-order valence-corrected chi connectivity index (χ2v) is 7.19. The van der Waals surface area contributed by atoms with Crippen molar-refractivity contribution in [3.8, 4) is 5.75 Å². The number of guanidine groups is 1. The van der Waals surface area contributed by atoms with Crippen molar-refractivity contribution < 1.29 is 9.47 Å². The standard InChI is InChI=1S/C23H32N4O2.HI/c1-24-23(26(2)12-17-29-22-6-4-3-5-7-22)25-18-20-8-10-21(11-9-20)19-27-13-15-28-16-14-27;/h3-11H,12-19H2,1-2H3,(H,24,25);1H. The summed E-state index contributed by atoms with van der Waals surface area (Å²) in [6, 6.07) is 18.7. The lowest BCUT2D eigenvalue weighted by atomic mass is 10.1. The van der Waals surface area contributed by atoms with Crippen LogP contribution in [0.1, 0.15) is 11.1 Å². The summed E-state index contributed by atoms with van der Waals surface area (Å²) < 4.78 is 11.2. The molecule has 0 atom stereocenters. The first-order valence-electron chi connectivity index (χ1n) is 10.2. The molecule has 2 aromatic carbocycles. The molecule has 0 amide bonds. The number of morpholine rings is 1. The second kappa shape index (κ2) is 13.5. The molecule has 0 aromatic heterocycles. The van der Waals surface area contributed by atoms with E-state index in [9.17, 15) is 0 Å². The minimum atomic E-state index is 0. The van der Waals surface area contributed by atoms with Crippen LogP contribution in [0.25, 0.3) is 0 Å². The van der Waals surface area contributed by atoms with E-state index in [1.807, 2.05) is 44.4 Å². The summed E-state index contributed by atoms with van der Waals surface area (Å²) in [5.41, 5.74) is 2.58. The topological polar surface area (TPSA) is 49.3 Å². The SMILES string of the molecule is CN=C(NCc1ccc(CN2CCOCC2)cc1)N(C)CCOc1ccccc1.I. The molecule has 0 radical (unpaired) electrons. The number of para-hydroxylation sites is 1. The van der Waals surface area contributed by atoms with Crippen molar-refractivity contribution in [3.63, 3.8) is 0 Å². The van der Waals surface area contributed by atoms with E-state index < -0.39 is 0 Å². The van der Waals surface area contributed by atoms with E-state index in [4.69, 9.17) is 9.47 Å². The average Bonchev–Trinajstić information content (AvgIpc) is 2.77. The number of rotatable bonds is 8. The van der Waals surface area contributed by atoms with Crippen LogP contribution in [0.2, 0.25) is 0 Å². The number of nitrogens with one attached hydrogen (secondary N) is 1. The van der Waals surface area contributed by atoms with Crippen LogP contribution in [0.15, 0.2) is 59.6 Å². The number of hydrogen-bond donors (Lipinski definition) is 1. The highest BCUT2D eigenvalue weighted by Crippen LogP contribution is 2.10. The number of likely N-dealkylation sites (N-methyl/N-ethyl adjacent to an activating group) is 1. The summed E-state index contributed by atoms with van der Waals surface area (Å²) in [7, 11) is 3.83. The van der Waals surface area contributed by atoms with Gasteiger partial charge in [-0.25, -0.2) is 0 Å². The summed E-state index contributed by atoms with van der Waals surface area (Å²) in [6.45, 7) is 6.80. The summed E-state index contributed by atoms with van der Waals surface area (Å²) in [5.74, 6) is 1.75. The van der Waals surface area contributed by atoms with E-state index in [1.165, 1.54) is 11.1 Å². The number of hydrogen-bond acceptors (Lipinski definition) is 4. The van der Waals surface area contributed by atoms with E-state index in [1.54, 1.807) is 0 Å². The van der Waals surface area contributed by atoms with Crippen molar-refractivity contribution in [2.75, 3.05) is 53.6 Å². The molecule has 2 aromatic rings. The van der Waals surface area contributed by atoms with Crippen LogP contribution in [0.5, 0.6) is 5.75 Å². The van der Waals surface area contributed by atoms with Crippen molar-refractivity contribution in [1.29, 1.82) is 0 Å². The minimum absolute atomic E-state index is 0. The van der Waals surface area contributed by atoms with Gasteiger partial charge in [0.15, 0.2) is 5.96 Å². The van der Waals surface area contributed by atoms with Crippen LogP contribution in [-0.2, 0) is 17.8 Å². The maximum Gasteiger partial charge on any atom is 0.193 e. The first-order chi connectivity index (χ1) is 14.2. The maximum atomic E-state index is 5.77. The molecule has 1 aliphatic rings. The molecule has 164 valence electrons. The first-order valence-corrected chi connectivity index (χ1v) is 10.2. The Bertz CT molecular complexity index is 750. The zero-order chi connectivity index (χ0) is 20.3. The van der Waals surface area contributed by atoms with E-state index in [0.717, 1.165) is 57.6 Å². The number of aliphatic imine (C=N–C) groups is 1. The van der Waals surface area contributed by atoms with Crippen LogP contribution in [0, 0.1) is 0 Å². The predicted molar refractivity (Wildman–Crippen MR) is 133 cm³/mol. The van der Waals surface area contributed by atoms with Gasteiger partial charge in [0.25, 0.3) is 0 Å². The van der Waals surface area contributed by atoms with Gasteiger partial charge in [-0.2, -0.15) is 0 Å². The van der Waals surface area contributed by atoms with Gasteiger partial charge in [0.05, 0.1) is 19.8 Å². The maximum absolute atomic E-state index is 5.77. The first kappa shape index (κ1) is 24.4. The molecule has 1 N–H and O–H groups in total. The van der Waals surface area contributed by atoms with Gasteiger partial charge in [0, 0.05) is 40.3 Å².